The second-order valence-corrected chi connectivity index (χ2v) is 2.40. The van der Waals surface area contributed by atoms with Crippen LogP contribution in [0.5, 0.6) is 0 Å². The van der Waals surface area contributed by atoms with E-state index in [0.29, 0.717) is 0 Å². The Kier molecular flexibility index (Phi) is 1.77. The molecule has 0 amide bonds. The molecule has 1 rings (SSSR count). The largest absolute Gasteiger partial charge is 0.312 e. The topological polar surface area (TPSA) is 12.0 Å². The van der Waals surface area contributed by atoms with Crippen LogP contribution in [0, 0.1) is 0 Å². The second kappa shape index (κ2) is 2.38. The normalized spacial score (nSPS) is 22.6. The number of hydrogen-bond acceptors (Lipinski definition) is 2. The molecule has 1 aliphatic heterocycles. The summed E-state index contributed by atoms with van der Waals surface area (Å²) in [5.41, 5.74) is 0. The fraction of sp³-hybridized carbons (Fsp3) is 0.800. The van der Waals surface area contributed by atoms with Crippen molar-refractivity contribution >= 4 is 17.1 Å². The summed E-state index contributed by atoms with van der Waals surface area (Å²) in [7, 11) is 0. The molecule has 1 aliphatic rings. The Bertz CT molecular complexity index is 72.1. The van der Waals surface area contributed by atoms with Crippen LogP contribution in [0.2, 0.25) is 0 Å². The van der Waals surface area contributed by atoms with Crippen LogP contribution < -0.4 is 5.32 Å². The van der Waals surface area contributed by atoms with Gasteiger partial charge in [0.05, 0.1) is 0 Å². The van der Waals surface area contributed by atoms with Crippen LogP contribution in [0.25, 0.3) is 0 Å². The minimum absolute atomic E-state index is 0.968. The van der Waals surface area contributed by atoms with Crippen LogP contribution >= 0.6 is 12.2 Å². The van der Waals surface area contributed by atoms with Crippen molar-refractivity contribution in [3.8, 4) is 0 Å². The molecule has 2 heteroatoms. The Labute approximate surface area is 49.1 Å². The molecule has 40 valence electrons. The van der Waals surface area contributed by atoms with Crippen molar-refractivity contribution in [1.29, 1.82) is 0 Å². The predicted molar refractivity (Wildman–Crippen MR) is 34.7 cm³/mol. The summed E-state index contributed by atoms with van der Waals surface area (Å²) >= 11 is 4.94. The molecule has 0 saturated carbocycles. The zero-order valence-corrected chi connectivity index (χ0v) is 5.05. The lowest BCUT2D eigenvalue weighted by atomic mass is 10.2. The highest BCUT2D eigenvalue weighted by Gasteiger charge is 2.00. The van der Waals surface area contributed by atoms with Crippen molar-refractivity contribution in [3.63, 3.8) is 0 Å². The maximum Gasteiger partial charge on any atom is 0.0269 e. The Morgan fingerprint density at radius 1 is 1.57 bits per heavy atom. The first-order chi connectivity index (χ1) is 3.39. The van der Waals surface area contributed by atoms with Crippen LogP contribution in [0.1, 0.15) is 12.8 Å². The third kappa shape index (κ3) is 1.53. The van der Waals surface area contributed by atoms with Gasteiger partial charge in [-0.2, -0.15) is 0 Å². The molecular formula is C5H9NS. The van der Waals surface area contributed by atoms with Gasteiger partial charge in [-0.3, -0.25) is 0 Å². The number of nitrogens with one attached hydrogen (secondary N) is 1. The minimum atomic E-state index is 0.968. The molecule has 0 unspecified atom stereocenters. The van der Waals surface area contributed by atoms with Crippen LogP contribution in [0.4, 0.5) is 0 Å². The molecule has 0 atom stereocenters. The highest BCUT2D eigenvalue weighted by atomic mass is 32.1. The molecule has 1 heterocycles. The summed E-state index contributed by atoms with van der Waals surface area (Å²) in [5, 5.41) is 3.19. The van der Waals surface area contributed by atoms with Crippen molar-refractivity contribution in [2.75, 3.05) is 13.1 Å². The first kappa shape index (κ1) is 5.19. The van der Waals surface area contributed by atoms with Gasteiger partial charge >= 0.3 is 0 Å². The Morgan fingerprint density at radius 2 is 2.43 bits per heavy atom. The fourth-order valence-electron chi connectivity index (χ4n) is 0.727. The highest BCUT2D eigenvalue weighted by molar-refractivity contribution is 7.80. The van der Waals surface area contributed by atoms with Crippen molar-refractivity contribution in [2.45, 2.75) is 12.8 Å². The van der Waals surface area contributed by atoms with Gasteiger partial charge in [-0.25, -0.2) is 0 Å². The molecule has 7 heavy (non-hydrogen) atoms. The van der Waals surface area contributed by atoms with Crippen LogP contribution in [0.15, 0.2) is 0 Å². The summed E-state index contributed by atoms with van der Waals surface area (Å²) in [4.78, 5) is 1.19. The molecule has 0 spiro atoms. The molecule has 1 N–H and O–H groups in total. The van der Waals surface area contributed by atoms with E-state index in [2.05, 4.69) is 5.32 Å². The summed E-state index contributed by atoms with van der Waals surface area (Å²) < 4.78 is 0. The lowest BCUT2D eigenvalue weighted by molar-refractivity contribution is 0.681. The van der Waals surface area contributed by atoms with E-state index >= 15 is 0 Å². The van der Waals surface area contributed by atoms with Crippen LogP contribution in [-0.4, -0.2) is 18.0 Å². The molecule has 0 aromatic carbocycles. The Morgan fingerprint density at radius 3 is 2.71 bits per heavy atom. The smallest absolute Gasteiger partial charge is 0.0269 e. The third-order valence-corrected chi connectivity index (χ3v) is 1.48. The predicted octanol–water partition coefficient (Wildman–Crippen LogP) is 0.740. The van der Waals surface area contributed by atoms with E-state index < -0.39 is 0 Å². The quantitative estimate of drug-likeness (QED) is 0.467. The van der Waals surface area contributed by atoms with E-state index in [1.165, 1.54) is 11.3 Å². The molecule has 1 nitrogen and oxygen atoms in total. The third-order valence-electron chi connectivity index (χ3n) is 1.13. The van der Waals surface area contributed by atoms with Gasteiger partial charge in [-0.1, -0.05) is 12.2 Å². The van der Waals surface area contributed by atoms with Crippen molar-refractivity contribution in [2.24, 2.45) is 0 Å². The number of hydrogen-bond donors (Lipinski definition) is 1. The standard InChI is InChI=1S/C5H9NS/c7-5-2-1-3-6-4-5/h6H,1-4H2. The van der Waals surface area contributed by atoms with E-state index in [1.54, 1.807) is 0 Å². The van der Waals surface area contributed by atoms with Crippen molar-refractivity contribution in [3.05, 3.63) is 0 Å². The summed E-state index contributed by atoms with van der Waals surface area (Å²) in [5.74, 6) is 0. The van der Waals surface area contributed by atoms with E-state index in [-0.39, 0.29) is 0 Å². The first-order valence-corrected chi connectivity index (χ1v) is 3.03. The maximum atomic E-state index is 4.94. The van der Waals surface area contributed by atoms with Gasteiger partial charge in [-0.05, 0) is 19.4 Å². The number of piperidine rings is 1. The molecule has 0 aromatic heterocycles. The van der Waals surface area contributed by atoms with E-state index in [0.717, 1.165) is 19.5 Å². The second-order valence-electron chi connectivity index (χ2n) is 1.82. The molecule has 0 aromatic rings. The number of thiocarbonyl (C=S) groups is 1. The van der Waals surface area contributed by atoms with E-state index in [4.69, 9.17) is 12.2 Å². The average molecular weight is 115 g/mol. The molecule has 0 radical (unpaired) electrons. The van der Waals surface area contributed by atoms with Crippen molar-refractivity contribution < 1.29 is 0 Å². The van der Waals surface area contributed by atoms with Gasteiger partial charge < -0.3 is 5.32 Å². The van der Waals surface area contributed by atoms with Crippen LogP contribution in [-0.2, 0) is 0 Å². The minimum Gasteiger partial charge on any atom is -0.312 e. The van der Waals surface area contributed by atoms with Gasteiger partial charge in [0.15, 0.2) is 0 Å². The van der Waals surface area contributed by atoms with E-state index in [1.807, 2.05) is 0 Å². The molecule has 1 fully saturated rings. The van der Waals surface area contributed by atoms with Crippen molar-refractivity contribution in [1.82, 2.24) is 5.32 Å². The lowest BCUT2D eigenvalue weighted by Crippen LogP contribution is -2.28. The molecule has 0 bridgehead atoms. The molecule has 1 saturated heterocycles. The fourth-order valence-corrected chi connectivity index (χ4v) is 0.973. The summed E-state index contributed by atoms with van der Waals surface area (Å²) in [6.07, 6.45) is 2.39. The maximum absolute atomic E-state index is 4.94. The summed E-state index contributed by atoms with van der Waals surface area (Å²) in [6, 6.07) is 0. The summed E-state index contributed by atoms with van der Waals surface area (Å²) in [6.45, 7) is 2.12. The highest BCUT2D eigenvalue weighted by Crippen LogP contribution is 1.95. The first-order valence-electron chi connectivity index (χ1n) is 2.62. The Hall–Kier alpha value is 0.0500. The van der Waals surface area contributed by atoms with Gasteiger partial charge in [0.25, 0.3) is 0 Å². The zero-order chi connectivity index (χ0) is 5.11. The monoisotopic (exact) mass is 115 g/mol. The SMILES string of the molecule is S=C1CCCNC1. The van der Waals surface area contributed by atoms with E-state index in [9.17, 15) is 0 Å². The van der Waals surface area contributed by atoms with Gasteiger partial charge in [-0.15, -0.1) is 0 Å². The van der Waals surface area contributed by atoms with Crippen LogP contribution in [0.3, 0.4) is 0 Å². The number of rotatable bonds is 0. The van der Waals surface area contributed by atoms with Gasteiger partial charge in [0.2, 0.25) is 0 Å². The lowest BCUT2D eigenvalue weighted by Gasteiger charge is -2.10. The average Bonchev–Trinajstić information content (AvgIpc) is 1.69. The van der Waals surface area contributed by atoms with Gasteiger partial charge in [0.1, 0.15) is 0 Å². The zero-order valence-electron chi connectivity index (χ0n) is 4.24. The molecule has 0 aliphatic carbocycles. The van der Waals surface area contributed by atoms with Gasteiger partial charge in [0, 0.05) is 11.4 Å². The Balaban J connectivity index is 2.25. The molecular weight excluding hydrogens is 106 g/mol.